The molecule has 0 saturated carbocycles. The van der Waals surface area contributed by atoms with Crippen molar-refractivity contribution in [2.75, 3.05) is 26.1 Å². The normalized spacial score (nSPS) is 10.0. The highest BCUT2D eigenvalue weighted by Gasteiger charge is 2.04. The van der Waals surface area contributed by atoms with E-state index in [2.05, 4.69) is 10.6 Å². The Labute approximate surface area is 136 Å². The predicted octanol–water partition coefficient (Wildman–Crippen LogP) is 2.82. The van der Waals surface area contributed by atoms with Crippen molar-refractivity contribution in [3.63, 3.8) is 0 Å². The van der Waals surface area contributed by atoms with Crippen LogP contribution >= 0.6 is 0 Å². The number of carbonyl (C=O) groups excluding carboxylic acids is 1. The summed E-state index contributed by atoms with van der Waals surface area (Å²) >= 11 is 0. The van der Waals surface area contributed by atoms with Gasteiger partial charge in [0.15, 0.2) is 0 Å². The molecule has 23 heavy (non-hydrogen) atoms. The molecule has 0 saturated heterocycles. The minimum absolute atomic E-state index is 0.00298. The van der Waals surface area contributed by atoms with Crippen molar-refractivity contribution in [1.82, 2.24) is 5.32 Å². The van der Waals surface area contributed by atoms with E-state index >= 15 is 0 Å². The van der Waals surface area contributed by atoms with Gasteiger partial charge in [-0.3, -0.25) is 4.79 Å². The Balaban J connectivity index is 1.72. The second-order valence-electron chi connectivity index (χ2n) is 5.00. The Kier molecular flexibility index (Phi) is 6.29. The summed E-state index contributed by atoms with van der Waals surface area (Å²) in [4.78, 5) is 11.9. The van der Waals surface area contributed by atoms with E-state index in [1.807, 2.05) is 48.5 Å². The second kappa shape index (κ2) is 8.68. The van der Waals surface area contributed by atoms with Crippen LogP contribution in [0.3, 0.4) is 0 Å². The Morgan fingerprint density at radius 1 is 1.00 bits per heavy atom. The van der Waals surface area contributed by atoms with E-state index in [1.165, 1.54) is 0 Å². The largest absolute Gasteiger partial charge is 0.497 e. The number of ether oxygens (including phenoxy) is 2. The van der Waals surface area contributed by atoms with E-state index in [0.717, 1.165) is 22.7 Å². The summed E-state index contributed by atoms with van der Waals surface area (Å²) in [6.07, 6.45) is 0.397. The summed E-state index contributed by atoms with van der Waals surface area (Å²) in [5.74, 6) is 1.58. The smallest absolute Gasteiger partial charge is 0.222 e. The molecular formula is C18H22N2O3. The zero-order valence-electron chi connectivity index (χ0n) is 13.5. The van der Waals surface area contributed by atoms with Gasteiger partial charge in [0, 0.05) is 19.5 Å². The van der Waals surface area contributed by atoms with Gasteiger partial charge in [-0.2, -0.15) is 0 Å². The monoisotopic (exact) mass is 314 g/mol. The molecule has 2 rings (SSSR count). The number of rotatable bonds is 8. The van der Waals surface area contributed by atoms with Crippen LogP contribution < -0.4 is 20.1 Å². The van der Waals surface area contributed by atoms with Crippen LogP contribution in [0.4, 0.5) is 5.69 Å². The van der Waals surface area contributed by atoms with E-state index in [9.17, 15) is 4.79 Å². The number of carbonyl (C=O) groups is 1. The lowest BCUT2D eigenvalue weighted by atomic mass is 10.2. The molecule has 5 heteroatoms. The third kappa shape index (κ3) is 5.21. The molecule has 0 aromatic heterocycles. The molecule has 2 aromatic carbocycles. The molecule has 0 atom stereocenters. The fraction of sp³-hybridized carbons (Fsp3) is 0.278. The molecule has 122 valence electrons. The maximum atomic E-state index is 11.9. The first kappa shape index (κ1) is 16.7. The summed E-state index contributed by atoms with van der Waals surface area (Å²) < 4.78 is 10.4. The van der Waals surface area contributed by atoms with E-state index in [0.29, 0.717) is 19.5 Å². The maximum Gasteiger partial charge on any atom is 0.222 e. The van der Waals surface area contributed by atoms with Crippen LogP contribution in [-0.4, -0.2) is 26.7 Å². The fourth-order valence-corrected chi connectivity index (χ4v) is 2.13. The molecule has 0 spiro atoms. The second-order valence-corrected chi connectivity index (χ2v) is 5.00. The lowest BCUT2D eigenvalue weighted by Crippen LogP contribution is -2.24. The number of para-hydroxylation sites is 2. The van der Waals surface area contributed by atoms with Crippen LogP contribution in [0.15, 0.2) is 48.5 Å². The zero-order valence-corrected chi connectivity index (χ0v) is 13.5. The number of hydrogen-bond donors (Lipinski definition) is 2. The van der Waals surface area contributed by atoms with Crippen LogP contribution in [0.2, 0.25) is 0 Å². The molecule has 1 amide bonds. The predicted molar refractivity (Wildman–Crippen MR) is 90.9 cm³/mol. The molecule has 0 radical (unpaired) electrons. The van der Waals surface area contributed by atoms with Gasteiger partial charge in [0.25, 0.3) is 0 Å². The Morgan fingerprint density at radius 2 is 1.74 bits per heavy atom. The summed E-state index contributed by atoms with van der Waals surface area (Å²) in [5, 5.41) is 6.11. The molecule has 0 heterocycles. The topological polar surface area (TPSA) is 59.6 Å². The lowest BCUT2D eigenvalue weighted by molar-refractivity contribution is -0.121. The van der Waals surface area contributed by atoms with Gasteiger partial charge in [0.1, 0.15) is 11.5 Å². The SMILES string of the molecule is COc1ccc(CNC(=O)CCNc2ccccc2OC)cc1. The van der Waals surface area contributed by atoms with Crippen molar-refractivity contribution in [1.29, 1.82) is 0 Å². The van der Waals surface area contributed by atoms with Crippen molar-refractivity contribution >= 4 is 11.6 Å². The summed E-state index contributed by atoms with van der Waals surface area (Å²) in [7, 11) is 3.26. The molecule has 2 aromatic rings. The minimum atomic E-state index is 0.00298. The Morgan fingerprint density at radius 3 is 2.43 bits per heavy atom. The number of hydrogen-bond acceptors (Lipinski definition) is 4. The highest BCUT2D eigenvalue weighted by Crippen LogP contribution is 2.22. The van der Waals surface area contributed by atoms with Crippen molar-refractivity contribution in [3.8, 4) is 11.5 Å². The quantitative estimate of drug-likeness (QED) is 0.786. The summed E-state index contributed by atoms with van der Waals surface area (Å²) in [6.45, 7) is 1.06. The van der Waals surface area contributed by atoms with Gasteiger partial charge in [-0.1, -0.05) is 24.3 Å². The van der Waals surface area contributed by atoms with E-state index in [1.54, 1.807) is 14.2 Å². The Bertz CT molecular complexity index is 626. The minimum Gasteiger partial charge on any atom is -0.497 e. The Hall–Kier alpha value is -2.69. The van der Waals surface area contributed by atoms with Crippen LogP contribution in [0.1, 0.15) is 12.0 Å². The lowest BCUT2D eigenvalue weighted by Gasteiger charge is -2.11. The number of amides is 1. The van der Waals surface area contributed by atoms with Gasteiger partial charge in [0.05, 0.1) is 19.9 Å². The van der Waals surface area contributed by atoms with E-state index in [-0.39, 0.29) is 5.91 Å². The molecule has 0 unspecified atom stereocenters. The molecule has 5 nitrogen and oxygen atoms in total. The molecule has 0 bridgehead atoms. The first-order chi connectivity index (χ1) is 11.2. The maximum absolute atomic E-state index is 11.9. The average Bonchev–Trinajstić information content (AvgIpc) is 2.61. The highest BCUT2D eigenvalue weighted by molar-refractivity contribution is 5.76. The summed E-state index contributed by atoms with van der Waals surface area (Å²) in [6, 6.07) is 15.3. The van der Waals surface area contributed by atoms with Gasteiger partial charge in [-0.25, -0.2) is 0 Å². The van der Waals surface area contributed by atoms with Gasteiger partial charge in [-0.05, 0) is 29.8 Å². The standard InChI is InChI=1S/C18H22N2O3/c1-22-15-9-7-14(8-10-15)13-20-18(21)11-12-19-16-5-3-4-6-17(16)23-2/h3-10,19H,11-13H2,1-2H3,(H,20,21). The first-order valence-corrected chi connectivity index (χ1v) is 7.49. The summed E-state index contributed by atoms with van der Waals surface area (Å²) in [5.41, 5.74) is 1.93. The van der Waals surface area contributed by atoms with Crippen LogP contribution in [0.5, 0.6) is 11.5 Å². The first-order valence-electron chi connectivity index (χ1n) is 7.49. The molecule has 0 aliphatic heterocycles. The molecular weight excluding hydrogens is 292 g/mol. The highest BCUT2D eigenvalue weighted by atomic mass is 16.5. The van der Waals surface area contributed by atoms with Crippen molar-refractivity contribution in [2.45, 2.75) is 13.0 Å². The molecule has 0 fully saturated rings. The van der Waals surface area contributed by atoms with Crippen molar-refractivity contribution in [3.05, 3.63) is 54.1 Å². The molecule has 0 aliphatic rings. The zero-order chi connectivity index (χ0) is 16.5. The van der Waals surface area contributed by atoms with Gasteiger partial charge < -0.3 is 20.1 Å². The van der Waals surface area contributed by atoms with Gasteiger partial charge in [-0.15, -0.1) is 0 Å². The van der Waals surface area contributed by atoms with Crippen LogP contribution in [0.25, 0.3) is 0 Å². The van der Waals surface area contributed by atoms with E-state index in [4.69, 9.17) is 9.47 Å². The van der Waals surface area contributed by atoms with Crippen LogP contribution in [-0.2, 0) is 11.3 Å². The molecule has 0 aliphatic carbocycles. The molecule has 2 N–H and O–H groups in total. The third-order valence-electron chi connectivity index (χ3n) is 3.42. The number of benzene rings is 2. The number of methoxy groups -OCH3 is 2. The van der Waals surface area contributed by atoms with Gasteiger partial charge >= 0.3 is 0 Å². The van der Waals surface area contributed by atoms with Gasteiger partial charge in [0.2, 0.25) is 5.91 Å². The number of anilines is 1. The fourth-order valence-electron chi connectivity index (χ4n) is 2.13. The van der Waals surface area contributed by atoms with Crippen molar-refractivity contribution < 1.29 is 14.3 Å². The van der Waals surface area contributed by atoms with E-state index < -0.39 is 0 Å². The average molecular weight is 314 g/mol. The van der Waals surface area contributed by atoms with Crippen LogP contribution in [0, 0.1) is 0 Å². The van der Waals surface area contributed by atoms with Crippen molar-refractivity contribution in [2.24, 2.45) is 0 Å². The number of nitrogens with one attached hydrogen (secondary N) is 2. The third-order valence-corrected chi connectivity index (χ3v) is 3.42.